The Hall–Kier alpha value is -1.27. The lowest BCUT2D eigenvalue weighted by Crippen LogP contribution is -2.49. The second-order valence-electron chi connectivity index (χ2n) is 4.98. The molecular weight excluding hydrogens is 282 g/mol. The van der Waals surface area contributed by atoms with E-state index in [2.05, 4.69) is 0 Å². The first-order chi connectivity index (χ1) is 9.45. The summed E-state index contributed by atoms with van der Waals surface area (Å²) in [5.74, 6) is -1.88. The third-order valence-corrected chi connectivity index (χ3v) is 3.80. The molecule has 2 N–H and O–H groups in total. The van der Waals surface area contributed by atoms with Gasteiger partial charge in [-0.25, -0.2) is 8.78 Å². The van der Waals surface area contributed by atoms with E-state index in [1.165, 1.54) is 12.1 Å². The van der Waals surface area contributed by atoms with Crippen LogP contribution < -0.4 is 10.6 Å². The molecule has 3 nitrogen and oxygen atoms in total. The molecular formula is C14H18F2N2OS. The van der Waals surface area contributed by atoms with Gasteiger partial charge in [0.15, 0.2) is 11.6 Å². The predicted octanol–water partition coefficient (Wildman–Crippen LogP) is 2.60. The van der Waals surface area contributed by atoms with Gasteiger partial charge in [0.2, 0.25) is 0 Å². The highest BCUT2D eigenvalue weighted by Crippen LogP contribution is 2.29. The molecule has 2 rings (SSSR count). The van der Waals surface area contributed by atoms with Gasteiger partial charge in [-0.1, -0.05) is 19.1 Å². The third-order valence-electron chi connectivity index (χ3n) is 3.58. The maximum absolute atomic E-state index is 14.3. The first kappa shape index (κ1) is 15.1. The second kappa shape index (κ2) is 6.01. The van der Waals surface area contributed by atoms with Crippen molar-refractivity contribution < 1.29 is 13.5 Å². The zero-order valence-corrected chi connectivity index (χ0v) is 12.3. The average Bonchev–Trinajstić information content (AvgIpc) is 2.41. The normalized spacial score (nSPS) is 22.9. The zero-order valence-electron chi connectivity index (χ0n) is 11.5. The van der Waals surface area contributed by atoms with Gasteiger partial charge in [0.05, 0.1) is 24.4 Å². The molecule has 1 saturated heterocycles. The fraction of sp³-hybridized carbons (Fsp3) is 0.500. The van der Waals surface area contributed by atoms with Crippen LogP contribution in [0.1, 0.15) is 25.8 Å². The molecule has 1 heterocycles. The van der Waals surface area contributed by atoms with Crippen LogP contribution >= 0.6 is 12.2 Å². The molecule has 0 bridgehead atoms. The van der Waals surface area contributed by atoms with Crippen molar-refractivity contribution in [1.29, 1.82) is 0 Å². The molecule has 0 aromatic heterocycles. The SMILES string of the molecule is CCC1COC(C)CN1c1ccc(C(N)=S)c(F)c1F. The Labute approximate surface area is 122 Å². The van der Waals surface area contributed by atoms with Crippen LogP contribution in [0.5, 0.6) is 0 Å². The lowest BCUT2D eigenvalue weighted by molar-refractivity contribution is 0.0296. The minimum Gasteiger partial charge on any atom is -0.389 e. The van der Waals surface area contributed by atoms with E-state index in [4.69, 9.17) is 22.7 Å². The molecule has 2 atom stereocenters. The Morgan fingerprint density at radius 3 is 2.75 bits per heavy atom. The van der Waals surface area contributed by atoms with Crippen molar-refractivity contribution in [2.75, 3.05) is 18.1 Å². The minimum atomic E-state index is -0.982. The standard InChI is InChI=1S/C14H18F2N2OS/c1-3-9-7-19-8(2)6-18(9)11-5-4-10(14(17)20)12(15)13(11)16/h4-5,8-9H,3,6-7H2,1-2H3,(H2,17,20). The molecule has 1 aliphatic rings. The van der Waals surface area contributed by atoms with Crippen molar-refractivity contribution in [3.05, 3.63) is 29.3 Å². The summed E-state index contributed by atoms with van der Waals surface area (Å²) in [4.78, 5) is 1.71. The van der Waals surface area contributed by atoms with Gasteiger partial charge >= 0.3 is 0 Å². The molecule has 110 valence electrons. The Bertz CT molecular complexity index is 524. The van der Waals surface area contributed by atoms with Crippen molar-refractivity contribution in [2.24, 2.45) is 5.73 Å². The van der Waals surface area contributed by atoms with Gasteiger partial charge in [-0.2, -0.15) is 0 Å². The maximum Gasteiger partial charge on any atom is 0.182 e. The van der Waals surface area contributed by atoms with E-state index in [-0.39, 0.29) is 28.4 Å². The number of hydrogen-bond donors (Lipinski definition) is 1. The van der Waals surface area contributed by atoms with E-state index in [9.17, 15) is 8.78 Å². The molecule has 2 unspecified atom stereocenters. The molecule has 0 aliphatic carbocycles. The van der Waals surface area contributed by atoms with Gasteiger partial charge in [-0.15, -0.1) is 0 Å². The number of anilines is 1. The average molecular weight is 300 g/mol. The molecule has 0 amide bonds. The second-order valence-corrected chi connectivity index (χ2v) is 5.42. The molecule has 1 fully saturated rings. The van der Waals surface area contributed by atoms with Crippen molar-refractivity contribution in [3.8, 4) is 0 Å². The molecule has 0 spiro atoms. The highest BCUT2D eigenvalue weighted by atomic mass is 32.1. The lowest BCUT2D eigenvalue weighted by Gasteiger charge is -2.40. The van der Waals surface area contributed by atoms with Crippen LogP contribution in [-0.4, -0.2) is 30.3 Å². The topological polar surface area (TPSA) is 38.5 Å². The number of morpholine rings is 1. The Kier molecular flexibility index (Phi) is 4.55. The zero-order chi connectivity index (χ0) is 14.9. The largest absolute Gasteiger partial charge is 0.389 e. The molecule has 20 heavy (non-hydrogen) atoms. The van der Waals surface area contributed by atoms with Gasteiger partial charge < -0.3 is 15.4 Å². The van der Waals surface area contributed by atoms with Crippen molar-refractivity contribution in [3.63, 3.8) is 0 Å². The van der Waals surface area contributed by atoms with Gasteiger partial charge in [-0.05, 0) is 25.5 Å². The predicted molar refractivity (Wildman–Crippen MR) is 79.1 cm³/mol. The fourth-order valence-electron chi connectivity index (χ4n) is 2.43. The summed E-state index contributed by atoms with van der Waals surface area (Å²) in [5, 5.41) is 0. The molecule has 0 saturated carbocycles. The minimum absolute atomic E-state index is 0.0180. The molecule has 6 heteroatoms. The summed E-state index contributed by atoms with van der Waals surface area (Å²) in [6.07, 6.45) is 0.778. The summed E-state index contributed by atoms with van der Waals surface area (Å²) in [6.45, 7) is 4.95. The Balaban J connectivity index is 2.41. The summed E-state index contributed by atoms with van der Waals surface area (Å²) >= 11 is 4.71. The van der Waals surface area contributed by atoms with E-state index in [0.717, 1.165) is 6.42 Å². The number of thiocarbonyl (C=S) groups is 1. The summed E-state index contributed by atoms with van der Waals surface area (Å²) in [7, 11) is 0. The maximum atomic E-state index is 14.3. The van der Waals surface area contributed by atoms with Crippen molar-refractivity contribution in [2.45, 2.75) is 32.4 Å². The number of benzene rings is 1. The van der Waals surface area contributed by atoms with Crippen LogP contribution in [0.25, 0.3) is 0 Å². The fourth-order valence-corrected chi connectivity index (χ4v) is 2.59. The number of rotatable bonds is 3. The van der Waals surface area contributed by atoms with Gasteiger partial charge in [0.1, 0.15) is 4.99 Å². The van der Waals surface area contributed by atoms with E-state index >= 15 is 0 Å². The molecule has 1 aromatic carbocycles. The van der Waals surface area contributed by atoms with Crippen LogP contribution in [0.2, 0.25) is 0 Å². The number of ether oxygens (including phenoxy) is 1. The summed E-state index contributed by atoms with van der Waals surface area (Å²) < 4.78 is 33.8. The highest BCUT2D eigenvalue weighted by Gasteiger charge is 2.29. The molecule has 1 aliphatic heterocycles. The third kappa shape index (κ3) is 2.76. The lowest BCUT2D eigenvalue weighted by atomic mass is 10.1. The number of halogens is 2. The van der Waals surface area contributed by atoms with Crippen LogP contribution in [0.3, 0.4) is 0 Å². The Morgan fingerprint density at radius 2 is 2.15 bits per heavy atom. The molecule has 0 radical (unpaired) electrons. The van der Waals surface area contributed by atoms with E-state index < -0.39 is 11.6 Å². The van der Waals surface area contributed by atoms with Gasteiger partial charge in [-0.3, -0.25) is 0 Å². The quantitative estimate of drug-likeness (QED) is 0.871. The number of nitrogens with zero attached hydrogens (tertiary/aromatic N) is 1. The van der Waals surface area contributed by atoms with Crippen LogP contribution in [0.15, 0.2) is 12.1 Å². The van der Waals surface area contributed by atoms with E-state index in [1.807, 2.05) is 18.7 Å². The number of nitrogens with two attached hydrogens (primary N) is 1. The van der Waals surface area contributed by atoms with Crippen molar-refractivity contribution in [1.82, 2.24) is 0 Å². The first-order valence-electron chi connectivity index (χ1n) is 6.61. The first-order valence-corrected chi connectivity index (χ1v) is 7.02. The van der Waals surface area contributed by atoms with Gasteiger partial charge in [0, 0.05) is 12.1 Å². The van der Waals surface area contributed by atoms with E-state index in [0.29, 0.717) is 13.2 Å². The van der Waals surface area contributed by atoms with E-state index in [1.54, 1.807) is 0 Å². The van der Waals surface area contributed by atoms with Crippen LogP contribution in [0.4, 0.5) is 14.5 Å². The van der Waals surface area contributed by atoms with Gasteiger partial charge in [0.25, 0.3) is 0 Å². The van der Waals surface area contributed by atoms with Crippen molar-refractivity contribution >= 4 is 22.9 Å². The monoisotopic (exact) mass is 300 g/mol. The van der Waals surface area contributed by atoms with Crippen LogP contribution in [0, 0.1) is 11.6 Å². The highest BCUT2D eigenvalue weighted by molar-refractivity contribution is 7.80. The summed E-state index contributed by atoms with van der Waals surface area (Å²) in [6, 6.07) is 3.01. The van der Waals surface area contributed by atoms with Crippen LogP contribution in [-0.2, 0) is 4.74 Å². The molecule has 1 aromatic rings. The number of hydrogen-bond acceptors (Lipinski definition) is 3. The Morgan fingerprint density at radius 1 is 1.45 bits per heavy atom. The summed E-state index contributed by atoms with van der Waals surface area (Å²) in [5.41, 5.74) is 5.56. The smallest absolute Gasteiger partial charge is 0.182 e.